The van der Waals surface area contributed by atoms with Gasteiger partial charge in [0.2, 0.25) is 0 Å². The summed E-state index contributed by atoms with van der Waals surface area (Å²) < 4.78 is 3.23. The van der Waals surface area contributed by atoms with Gasteiger partial charge in [-0.2, -0.15) is 4.98 Å². The molecule has 0 atom stereocenters. The van der Waals surface area contributed by atoms with Crippen molar-refractivity contribution in [2.75, 3.05) is 0 Å². The van der Waals surface area contributed by atoms with Crippen molar-refractivity contribution in [2.45, 2.75) is 77.7 Å². The topological polar surface area (TPSA) is 56.9 Å². The lowest BCUT2D eigenvalue weighted by atomic mass is 10.1. The van der Waals surface area contributed by atoms with E-state index in [2.05, 4.69) is 16.5 Å². The zero-order valence-corrected chi connectivity index (χ0v) is 20.2. The van der Waals surface area contributed by atoms with Crippen LogP contribution in [-0.4, -0.2) is 14.1 Å². The van der Waals surface area contributed by atoms with Crippen LogP contribution < -0.4 is 11.2 Å². The van der Waals surface area contributed by atoms with E-state index in [1.165, 1.54) is 55.9 Å². The third-order valence-corrected chi connectivity index (χ3v) is 6.60. The van der Waals surface area contributed by atoms with E-state index in [0.29, 0.717) is 17.1 Å². The molecule has 5 heteroatoms. The van der Waals surface area contributed by atoms with Crippen molar-refractivity contribution in [1.82, 2.24) is 14.1 Å². The molecule has 2 heterocycles. The molecule has 2 aliphatic heterocycles. The van der Waals surface area contributed by atoms with Crippen molar-refractivity contribution < 1.29 is 0 Å². The molecule has 0 unspecified atom stereocenters. The number of unbranched alkanes of at least 4 members (excludes halogenated alkanes) is 9. The summed E-state index contributed by atoms with van der Waals surface area (Å²) in [5, 5.41) is 0.985. The molecule has 0 saturated heterocycles. The van der Waals surface area contributed by atoms with Crippen LogP contribution in [0.25, 0.3) is 28.0 Å². The van der Waals surface area contributed by atoms with E-state index in [-0.39, 0.29) is 5.56 Å². The summed E-state index contributed by atoms with van der Waals surface area (Å²) in [6.07, 6.45) is 12.7. The highest BCUT2D eigenvalue weighted by Gasteiger charge is 2.20. The van der Waals surface area contributed by atoms with Crippen molar-refractivity contribution in [1.29, 1.82) is 0 Å². The Kier molecular flexibility index (Phi) is 8.29. The standard InChI is InChI=1S/C29H35N3O2/c1-2-3-4-5-6-7-8-9-10-16-21-31-26-20-15-14-17-23(26)22-25-27(31)30-29(34)32(28(25)33)24-18-12-11-13-19-24/h11-15,17-20,22H,2-10,16,21H2,1H3. The minimum Gasteiger partial charge on any atom is -0.325 e. The van der Waals surface area contributed by atoms with Gasteiger partial charge in [-0.25, -0.2) is 9.36 Å². The highest BCUT2D eigenvalue weighted by molar-refractivity contribution is 5.85. The number of aryl methyl sites for hydroxylation is 1. The van der Waals surface area contributed by atoms with E-state index < -0.39 is 5.69 Å². The number of fused-ring (bicyclic) bond motifs is 2. The van der Waals surface area contributed by atoms with E-state index in [0.717, 1.165) is 30.3 Å². The van der Waals surface area contributed by atoms with E-state index in [1.807, 2.05) is 48.5 Å². The smallest absolute Gasteiger partial charge is 0.325 e. The van der Waals surface area contributed by atoms with E-state index in [1.54, 1.807) is 12.1 Å². The highest BCUT2D eigenvalue weighted by Crippen LogP contribution is 2.25. The summed E-state index contributed by atoms with van der Waals surface area (Å²) in [5.41, 5.74) is 1.19. The average Bonchev–Trinajstić information content (AvgIpc) is 2.86. The molecule has 0 spiro atoms. The fourth-order valence-corrected chi connectivity index (χ4v) is 4.75. The lowest BCUT2D eigenvalue weighted by Gasteiger charge is -2.18. The van der Waals surface area contributed by atoms with Crippen LogP contribution in [0.4, 0.5) is 0 Å². The minimum absolute atomic E-state index is 0.316. The molecule has 0 fully saturated rings. The van der Waals surface area contributed by atoms with Gasteiger partial charge >= 0.3 is 5.69 Å². The number of hydrogen-bond acceptors (Lipinski definition) is 3. The summed E-state index contributed by atoms with van der Waals surface area (Å²) in [4.78, 5) is 30.7. The monoisotopic (exact) mass is 457 g/mol. The van der Waals surface area contributed by atoms with Gasteiger partial charge in [-0.05, 0) is 36.1 Å². The number of para-hydroxylation sites is 2. The zero-order valence-electron chi connectivity index (χ0n) is 20.2. The molecule has 0 aliphatic carbocycles. The second-order valence-corrected chi connectivity index (χ2v) is 9.14. The number of hydrogen-bond donors (Lipinski definition) is 0. The van der Waals surface area contributed by atoms with Crippen LogP contribution in [0.2, 0.25) is 0 Å². The van der Waals surface area contributed by atoms with Crippen LogP contribution in [0, 0.1) is 0 Å². The zero-order chi connectivity index (χ0) is 23.8. The van der Waals surface area contributed by atoms with Gasteiger partial charge in [0, 0.05) is 12.1 Å². The third kappa shape index (κ3) is 5.46. The van der Waals surface area contributed by atoms with Crippen LogP contribution in [0.15, 0.2) is 70.3 Å². The van der Waals surface area contributed by atoms with Crippen LogP contribution in [0.3, 0.4) is 0 Å². The summed E-state index contributed by atoms with van der Waals surface area (Å²) in [7, 11) is 0. The maximum Gasteiger partial charge on any atom is 0.357 e. The van der Waals surface area contributed by atoms with Gasteiger partial charge in [0.1, 0.15) is 0 Å². The van der Waals surface area contributed by atoms with Gasteiger partial charge in [-0.1, -0.05) is 101 Å². The molecule has 0 N–H and O–H groups in total. The Balaban J connectivity index is 1.54. The predicted octanol–water partition coefficient (Wildman–Crippen LogP) is 6.57. The maximum atomic E-state index is 13.4. The van der Waals surface area contributed by atoms with Gasteiger partial charge in [0.05, 0.1) is 11.3 Å². The first-order valence-corrected chi connectivity index (χ1v) is 12.8. The Labute approximate surface area is 201 Å². The lowest BCUT2D eigenvalue weighted by molar-refractivity contribution is 0.537. The van der Waals surface area contributed by atoms with Crippen LogP contribution in [0.5, 0.6) is 0 Å². The number of nitrogens with zero attached hydrogens (tertiary/aromatic N) is 3. The molecular formula is C29H35N3O2. The molecule has 2 aliphatic rings. The van der Waals surface area contributed by atoms with Crippen molar-refractivity contribution in [3.8, 4) is 17.1 Å². The molecule has 4 rings (SSSR count). The maximum absolute atomic E-state index is 13.4. The second kappa shape index (κ2) is 11.8. The normalized spacial score (nSPS) is 11.4. The van der Waals surface area contributed by atoms with Crippen molar-refractivity contribution in [2.24, 2.45) is 0 Å². The van der Waals surface area contributed by atoms with Crippen molar-refractivity contribution in [3.63, 3.8) is 0 Å². The molecule has 0 saturated carbocycles. The van der Waals surface area contributed by atoms with Crippen LogP contribution >= 0.6 is 0 Å². The first-order chi connectivity index (χ1) is 16.7. The fourth-order valence-electron chi connectivity index (χ4n) is 4.75. The van der Waals surface area contributed by atoms with E-state index in [9.17, 15) is 9.59 Å². The van der Waals surface area contributed by atoms with Crippen LogP contribution in [0.1, 0.15) is 71.1 Å². The van der Waals surface area contributed by atoms with Gasteiger partial charge in [0.15, 0.2) is 5.82 Å². The Hall–Kier alpha value is -3.21. The van der Waals surface area contributed by atoms with E-state index >= 15 is 0 Å². The summed E-state index contributed by atoms with van der Waals surface area (Å²) >= 11 is 0. The fraction of sp³-hybridized carbons (Fsp3) is 0.414. The number of pyridine rings is 1. The number of benzene rings is 2. The molecular weight excluding hydrogens is 422 g/mol. The molecule has 0 radical (unpaired) electrons. The first kappa shape index (κ1) is 23.9. The first-order valence-electron chi connectivity index (χ1n) is 12.8. The van der Waals surface area contributed by atoms with Gasteiger partial charge in [0.25, 0.3) is 5.56 Å². The number of rotatable bonds is 12. The Bertz CT molecular complexity index is 1290. The summed E-state index contributed by atoms with van der Waals surface area (Å²) in [5.74, 6) is 0.483. The molecule has 0 aromatic heterocycles. The lowest BCUT2D eigenvalue weighted by Crippen LogP contribution is -2.36. The molecule has 5 nitrogen and oxygen atoms in total. The third-order valence-electron chi connectivity index (χ3n) is 6.60. The highest BCUT2D eigenvalue weighted by atomic mass is 16.2. The van der Waals surface area contributed by atoms with Crippen LogP contribution in [-0.2, 0) is 6.54 Å². The minimum atomic E-state index is -0.532. The molecule has 2 aromatic rings. The van der Waals surface area contributed by atoms with Gasteiger partial charge in [-0.3, -0.25) is 4.79 Å². The van der Waals surface area contributed by atoms with Gasteiger partial charge < -0.3 is 4.57 Å². The largest absolute Gasteiger partial charge is 0.357 e. The quantitative estimate of drug-likeness (QED) is 0.178. The SMILES string of the molecule is CCCCCCCCCCCCn1c2nc(=O)n(-c3ccccc3)c(=O)c-2cc2ccccc21. The van der Waals surface area contributed by atoms with Gasteiger partial charge in [-0.15, -0.1) is 0 Å². The average molecular weight is 458 g/mol. The molecule has 178 valence electrons. The second-order valence-electron chi connectivity index (χ2n) is 9.14. The summed E-state index contributed by atoms with van der Waals surface area (Å²) in [6.45, 7) is 3.00. The van der Waals surface area contributed by atoms with Crippen molar-refractivity contribution >= 4 is 10.9 Å². The molecule has 0 amide bonds. The van der Waals surface area contributed by atoms with E-state index in [4.69, 9.17) is 0 Å². The van der Waals surface area contributed by atoms with Crippen molar-refractivity contribution in [3.05, 3.63) is 81.5 Å². The predicted molar refractivity (Wildman–Crippen MR) is 140 cm³/mol. The molecule has 0 bridgehead atoms. The Morgan fingerprint density at radius 2 is 1.35 bits per heavy atom. The Morgan fingerprint density at radius 3 is 2.06 bits per heavy atom. The molecule has 2 aromatic carbocycles. The summed E-state index contributed by atoms with van der Waals surface area (Å²) in [6, 6.07) is 18.9. The number of aromatic nitrogens is 3. The Morgan fingerprint density at radius 1 is 0.735 bits per heavy atom. The molecule has 34 heavy (non-hydrogen) atoms.